The smallest absolute Gasteiger partial charge is 0.416 e. The van der Waals surface area contributed by atoms with Crippen LogP contribution in [0, 0.1) is 5.92 Å². The van der Waals surface area contributed by atoms with Gasteiger partial charge in [-0.05, 0) is 61.8 Å². The van der Waals surface area contributed by atoms with Crippen LogP contribution >= 0.6 is 11.8 Å². The van der Waals surface area contributed by atoms with Gasteiger partial charge in [-0.15, -0.1) is 0 Å². The van der Waals surface area contributed by atoms with E-state index in [9.17, 15) is 31.1 Å². The van der Waals surface area contributed by atoms with Gasteiger partial charge in [-0.25, -0.2) is 9.97 Å². The van der Waals surface area contributed by atoms with E-state index >= 15 is 0 Å². The summed E-state index contributed by atoms with van der Waals surface area (Å²) in [7, 11) is 0. The molecule has 0 bridgehead atoms. The van der Waals surface area contributed by atoms with Crippen LogP contribution in [0.2, 0.25) is 0 Å². The van der Waals surface area contributed by atoms with E-state index in [0.717, 1.165) is 43.7 Å². The van der Waals surface area contributed by atoms with Crippen LogP contribution in [-0.2, 0) is 25.4 Å². The highest BCUT2D eigenvalue weighted by molar-refractivity contribution is 7.98. The molecule has 1 fully saturated rings. The Morgan fingerprint density at radius 1 is 0.955 bits per heavy atom. The average molecular weight is 644 g/mol. The first-order valence-electron chi connectivity index (χ1n) is 14.3. The summed E-state index contributed by atoms with van der Waals surface area (Å²) in [6.07, 6.45) is -0.769. The number of halogens is 6. The summed E-state index contributed by atoms with van der Waals surface area (Å²) in [6, 6.07) is 4.57. The van der Waals surface area contributed by atoms with Gasteiger partial charge in [0.05, 0.1) is 48.1 Å². The molecule has 1 aliphatic carbocycles. The lowest BCUT2D eigenvalue weighted by atomic mass is 10.0. The molecule has 0 radical (unpaired) electrons. The first-order valence-corrected chi connectivity index (χ1v) is 15.7. The van der Waals surface area contributed by atoms with E-state index in [-0.39, 0.29) is 24.1 Å². The van der Waals surface area contributed by atoms with Crippen LogP contribution in [0.25, 0.3) is 0 Å². The van der Waals surface area contributed by atoms with Gasteiger partial charge >= 0.3 is 12.4 Å². The molecule has 240 valence electrons. The van der Waals surface area contributed by atoms with Gasteiger partial charge in [-0.1, -0.05) is 12.8 Å². The number of aromatic nitrogens is 3. The summed E-state index contributed by atoms with van der Waals surface area (Å²) in [5, 5.41) is 0. The van der Waals surface area contributed by atoms with Gasteiger partial charge in [0.2, 0.25) is 11.5 Å². The number of hydrogen-bond donors (Lipinski definition) is 1. The Hall–Kier alpha value is -3.42. The Balaban J connectivity index is 1.74. The van der Waals surface area contributed by atoms with Gasteiger partial charge in [0, 0.05) is 31.5 Å². The van der Waals surface area contributed by atoms with E-state index in [1.165, 1.54) is 23.4 Å². The van der Waals surface area contributed by atoms with Crippen molar-refractivity contribution in [3.05, 3.63) is 75.5 Å². The van der Waals surface area contributed by atoms with Crippen molar-refractivity contribution in [1.29, 1.82) is 0 Å². The van der Waals surface area contributed by atoms with Gasteiger partial charge in [0.25, 0.3) is 0 Å². The monoisotopic (exact) mass is 643 g/mol. The van der Waals surface area contributed by atoms with Gasteiger partial charge in [0.15, 0.2) is 5.75 Å². The van der Waals surface area contributed by atoms with Crippen LogP contribution in [0.3, 0.4) is 0 Å². The van der Waals surface area contributed by atoms with Crippen molar-refractivity contribution in [2.45, 2.75) is 58.0 Å². The summed E-state index contributed by atoms with van der Waals surface area (Å²) in [5.41, 5.74) is -2.29. The van der Waals surface area contributed by atoms with E-state index < -0.39 is 35.6 Å². The largest absolute Gasteiger partial charge is 0.489 e. The molecule has 1 N–H and O–H groups in total. The molecule has 0 amide bonds. The van der Waals surface area contributed by atoms with Gasteiger partial charge < -0.3 is 19.5 Å². The molecule has 0 atom stereocenters. The number of nitrogens with zero attached hydrogens (tertiary/aromatic N) is 4. The highest BCUT2D eigenvalue weighted by Crippen LogP contribution is 2.37. The average Bonchev–Trinajstić information content (AvgIpc) is 3.49. The number of benzene rings is 1. The van der Waals surface area contributed by atoms with E-state index in [4.69, 9.17) is 4.74 Å². The van der Waals surface area contributed by atoms with E-state index in [2.05, 4.69) is 19.9 Å². The number of hydrogen-bond acceptors (Lipinski definition) is 7. The molecule has 1 aromatic carbocycles. The molecule has 2 heterocycles. The number of alkyl halides is 6. The molecule has 1 aliphatic rings. The number of H-pyrrole nitrogens is 1. The molecular weight excluding hydrogens is 608 g/mol. The second kappa shape index (κ2) is 14.6. The molecular formula is C30H35F6N5O2S. The Labute approximate surface area is 256 Å². The predicted molar refractivity (Wildman–Crippen MR) is 159 cm³/mol. The number of ether oxygens (including phenoxy) is 1. The predicted octanol–water partition coefficient (Wildman–Crippen LogP) is 7.17. The molecule has 0 saturated heterocycles. The second-order valence-electron chi connectivity index (χ2n) is 10.7. The van der Waals surface area contributed by atoms with Crippen LogP contribution in [-0.4, -0.2) is 46.7 Å². The maximum Gasteiger partial charge on any atom is 0.416 e. The maximum absolute atomic E-state index is 13.6. The van der Waals surface area contributed by atoms with Crippen molar-refractivity contribution >= 4 is 23.4 Å². The third-order valence-corrected chi connectivity index (χ3v) is 8.05. The van der Waals surface area contributed by atoms with Crippen molar-refractivity contribution < 1.29 is 31.1 Å². The van der Waals surface area contributed by atoms with Gasteiger partial charge in [-0.3, -0.25) is 4.79 Å². The molecule has 7 nitrogen and oxygen atoms in total. The molecule has 0 unspecified atom stereocenters. The quantitative estimate of drug-likeness (QED) is 0.156. The number of nitrogens with one attached hydrogen (secondary N) is 1. The Kier molecular flexibility index (Phi) is 11.1. The zero-order chi connectivity index (χ0) is 31.9. The molecule has 0 spiro atoms. The van der Waals surface area contributed by atoms with Crippen LogP contribution in [0.5, 0.6) is 5.75 Å². The first-order chi connectivity index (χ1) is 20.9. The van der Waals surface area contributed by atoms with Crippen molar-refractivity contribution in [1.82, 2.24) is 15.0 Å². The summed E-state index contributed by atoms with van der Waals surface area (Å²) in [6.45, 7) is 3.30. The Morgan fingerprint density at radius 3 is 2.16 bits per heavy atom. The first kappa shape index (κ1) is 33.5. The van der Waals surface area contributed by atoms with Crippen LogP contribution < -0.4 is 20.1 Å². The lowest BCUT2D eigenvalue weighted by Gasteiger charge is -2.30. The fourth-order valence-electron chi connectivity index (χ4n) is 5.34. The fourth-order valence-corrected chi connectivity index (χ4v) is 5.59. The number of pyridine rings is 1. The Bertz CT molecular complexity index is 1390. The Morgan fingerprint density at radius 2 is 1.59 bits per heavy atom. The number of aromatic amines is 1. The summed E-state index contributed by atoms with van der Waals surface area (Å²) in [4.78, 5) is 27.5. The summed E-state index contributed by atoms with van der Waals surface area (Å²) >= 11 is 1.59. The van der Waals surface area contributed by atoms with Crippen molar-refractivity contribution in [2.75, 3.05) is 41.5 Å². The number of thioether (sulfide) groups is 1. The van der Waals surface area contributed by atoms with E-state index in [1.54, 1.807) is 17.8 Å². The van der Waals surface area contributed by atoms with E-state index in [0.29, 0.717) is 42.6 Å². The maximum atomic E-state index is 13.6. The highest BCUT2D eigenvalue weighted by Gasteiger charge is 2.37. The van der Waals surface area contributed by atoms with E-state index in [1.807, 2.05) is 13.2 Å². The lowest BCUT2D eigenvalue weighted by Crippen LogP contribution is -2.32. The lowest BCUT2D eigenvalue weighted by molar-refractivity contribution is -0.143. The SMILES string of the molecule is CCN(CC1CCCC1)c1ccc(=O)[nH]c1CN(Cc1cc(C(F)(F)F)cc(C(F)(F)F)c1)c1ncc(OCCSC)cn1. The topological polar surface area (TPSA) is 74.4 Å². The highest BCUT2D eigenvalue weighted by atomic mass is 32.2. The van der Waals surface area contributed by atoms with Crippen molar-refractivity contribution in [3.63, 3.8) is 0 Å². The minimum atomic E-state index is -4.99. The minimum absolute atomic E-state index is 0.0441. The molecule has 14 heteroatoms. The molecule has 2 aromatic heterocycles. The molecule has 1 saturated carbocycles. The summed E-state index contributed by atoms with van der Waals surface area (Å²) < 4.78 is 87.4. The van der Waals surface area contributed by atoms with Gasteiger partial charge in [-0.2, -0.15) is 38.1 Å². The van der Waals surface area contributed by atoms with Crippen molar-refractivity contribution in [2.24, 2.45) is 5.92 Å². The van der Waals surface area contributed by atoms with Gasteiger partial charge in [0.1, 0.15) is 0 Å². The number of rotatable bonds is 13. The molecule has 0 aliphatic heterocycles. The van der Waals surface area contributed by atoms with Crippen LogP contribution in [0.1, 0.15) is 55.0 Å². The normalized spacial score (nSPS) is 14.2. The number of anilines is 2. The van der Waals surface area contributed by atoms with Crippen LogP contribution in [0.4, 0.5) is 38.0 Å². The molecule has 44 heavy (non-hydrogen) atoms. The standard InChI is InChI=1S/C30H35F6N5O2S/c1-3-40(17-20-6-4-5-7-20)26-8-9-27(42)39-25(26)19-41(28-37-15-24(16-38-28)43-10-11-44-2)18-21-12-22(29(31,32)33)14-23(13-21)30(34,35)36/h8-9,12-16,20H,3-7,10-11,17-19H2,1-2H3,(H,39,42). The molecule has 3 aromatic rings. The fraction of sp³-hybridized carbons (Fsp3) is 0.500. The third-order valence-electron chi connectivity index (χ3n) is 7.48. The zero-order valence-electron chi connectivity index (χ0n) is 24.5. The zero-order valence-corrected chi connectivity index (χ0v) is 25.3. The van der Waals surface area contributed by atoms with Crippen molar-refractivity contribution in [3.8, 4) is 5.75 Å². The van der Waals surface area contributed by atoms with Crippen LogP contribution in [0.15, 0.2) is 47.5 Å². The summed E-state index contributed by atoms with van der Waals surface area (Å²) in [5.74, 6) is 1.62. The second-order valence-corrected chi connectivity index (χ2v) is 11.7. The molecule has 4 rings (SSSR count). The minimum Gasteiger partial charge on any atom is -0.489 e. The third kappa shape index (κ3) is 9.05.